The smallest absolute Gasteiger partial charge is 0.179 e. The summed E-state index contributed by atoms with van der Waals surface area (Å²) < 4.78 is 0. The Morgan fingerprint density at radius 1 is 1.00 bits per heavy atom. The molecule has 2 aromatic rings. The van der Waals surface area contributed by atoms with Crippen molar-refractivity contribution >= 4 is 18.2 Å². The summed E-state index contributed by atoms with van der Waals surface area (Å²) in [6.07, 6.45) is 0. The molecule has 2 rings (SSSR count). The molecule has 1 atom stereocenters. The SMILES string of the molecule is CC(C(=O)c1ccccc1)N(C)Cc1ccccc1.Cl. The van der Waals surface area contributed by atoms with Gasteiger partial charge in [0, 0.05) is 12.1 Å². The fourth-order valence-corrected chi connectivity index (χ4v) is 2.05. The van der Waals surface area contributed by atoms with Crippen molar-refractivity contribution < 1.29 is 4.79 Å². The number of carbonyl (C=O) groups is 1. The van der Waals surface area contributed by atoms with Gasteiger partial charge < -0.3 is 0 Å². The molecule has 0 fully saturated rings. The summed E-state index contributed by atoms with van der Waals surface area (Å²) in [5, 5.41) is 0. The predicted molar refractivity (Wildman–Crippen MR) is 85.4 cm³/mol. The van der Waals surface area contributed by atoms with Crippen molar-refractivity contribution in [3.8, 4) is 0 Å². The Bertz CT molecular complexity index is 527. The number of hydrogen-bond acceptors (Lipinski definition) is 2. The molecule has 20 heavy (non-hydrogen) atoms. The van der Waals surface area contributed by atoms with Crippen molar-refractivity contribution in [2.75, 3.05) is 7.05 Å². The van der Waals surface area contributed by atoms with E-state index in [-0.39, 0.29) is 24.2 Å². The van der Waals surface area contributed by atoms with Crippen LogP contribution in [-0.2, 0) is 6.54 Å². The third-order valence-corrected chi connectivity index (χ3v) is 3.37. The standard InChI is InChI=1S/C17H19NO.ClH/c1-14(17(19)16-11-7-4-8-12-16)18(2)13-15-9-5-3-6-10-15;/h3-12,14H,13H2,1-2H3;1H. The van der Waals surface area contributed by atoms with Gasteiger partial charge in [0.2, 0.25) is 0 Å². The normalized spacial score (nSPS) is 11.8. The van der Waals surface area contributed by atoms with Crippen molar-refractivity contribution in [3.05, 3.63) is 71.8 Å². The minimum atomic E-state index is -0.123. The zero-order valence-electron chi connectivity index (χ0n) is 11.8. The first-order chi connectivity index (χ1) is 9.18. The summed E-state index contributed by atoms with van der Waals surface area (Å²) in [4.78, 5) is 14.4. The maximum atomic E-state index is 12.3. The van der Waals surface area contributed by atoms with E-state index in [0.29, 0.717) is 0 Å². The number of Topliss-reactive ketones (excluding diaryl/α,β-unsaturated/α-hetero) is 1. The summed E-state index contributed by atoms with van der Waals surface area (Å²) in [5.41, 5.74) is 1.99. The largest absolute Gasteiger partial charge is 0.292 e. The van der Waals surface area contributed by atoms with E-state index < -0.39 is 0 Å². The highest BCUT2D eigenvalue weighted by Gasteiger charge is 2.19. The second kappa shape index (κ2) is 7.83. The van der Waals surface area contributed by atoms with Crippen LogP contribution in [0.15, 0.2) is 60.7 Å². The fraction of sp³-hybridized carbons (Fsp3) is 0.235. The number of likely N-dealkylation sites (N-methyl/N-ethyl adjacent to an activating group) is 1. The third kappa shape index (κ3) is 4.19. The number of rotatable bonds is 5. The predicted octanol–water partition coefficient (Wildman–Crippen LogP) is 3.81. The van der Waals surface area contributed by atoms with Gasteiger partial charge in [-0.1, -0.05) is 60.7 Å². The molecule has 0 aliphatic rings. The van der Waals surface area contributed by atoms with E-state index >= 15 is 0 Å². The molecule has 0 radical (unpaired) electrons. The number of hydrogen-bond donors (Lipinski definition) is 0. The van der Waals surface area contributed by atoms with Crippen LogP contribution in [0.4, 0.5) is 0 Å². The Morgan fingerprint density at radius 2 is 1.50 bits per heavy atom. The maximum absolute atomic E-state index is 12.3. The lowest BCUT2D eigenvalue weighted by molar-refractivity contribution is 0.0862. The second-order valence-corrected chi connectivity index (χ2v) is 4.81. The van der Waals surface area contributed by atoms with Crippen LogP contribution in [0.3, 0.4) is 0 Å². The molecule has 2 aromatic carbocycles. The monoisotopic (exact) mass is 289 g/mol. The first-order valence-electron chi connectivity index (χ1n) is 6.52. The molecular formula is C17H20ClNO. The summed E-state index contributed by atoms with van der Waals surface area (Å²) in [5.74, 6) is 0.166. The molecule has 0 aliphatic carbocycles. The minimum Gasteiger partial charge on any atom is -0.292 e. The van der Waals surface area contributed by atoms with E-state index in [1.165, 1.54) is 5.56 Å². The van der Waals surface area contributed by atoms with Crippen molar-refractivity contribution in [3.63, 3.8) is 0 Å². The zero-order valence-corrected chi connectivity index (χ0v) is 12.6. The summed E-state index contributed by atoms with van der Waals surface area (Å²) >= 11 is 0. The van der Waals surface area contributed by atoms with Crippen molar-refractivity contribution in [2.24, 2.45) is 0 Å². The second-order valence-electron chi connectivity index (χ2n) is 4.81. The van der Waals surface area contributed by atoms with Crippen molar-refractivity contribution in [1.29, 1.82) is 0 Å². The lowest BCUT2D eigenvalue weighted by atomic mass is 10.0. The lowest BCUT2D eigenvalue weighted by Gasteiger charge is -2.23. The Balaban J connectivity index is 0.00000200. The molecule has 0 spiro atoms. The fourth-order valence-electron chi connectivity index (χ4n) is 2.05. The molecule has 1 unspecified atom stereocenters. The first kappa shape index (κ1) is 16.4. The topological polar surface area (TPSA) is 20.3 Å². The van der Waals surface area contributed by atoms with Gasteiger partial charge in [-0.15, -0.1) is 12.4 Å². The molecule has 106 valence electrons. The van der Waals surface area contributed by atoms with Crippen molar-refractivity contribution in [1.82, 2.24) is 4.90 Å². The van der Waals surface area contributed by atoms with Crippen LogP contribution < -0.4 is 0 Å². The molecule has 0 aromatic heterocycles. The van der Waals surface area contributed by atoms with Crippen LogP contribution in [-0.4, -0.2) is 23.8 Å². The van der Waals surface area contributed by atoms with E-state index in [2.05, 4.69) is 17.0 Å². The van der Waals surface area contributed by atoms with Gasteiger partial charge in [-0.3, -0.25) is 9.69 Å². The van der Waals surface area contributed by atoms with E-state index in [1.807, 2.05) is 62.5 Å². The number of benzene rings is 2. The quantitative estimate of drug-likeness (QED) is 0.780. The van der Waals surface area contributed by atoms with E-state index in [9.17, 15) is 4.79 Å². The van der Waals surface area contributed by atoms with Crippen LogP contribution in [0, 0.1) is 0 Å². The molecule has 2 nitrogen and oxygen atoms in total. The Hall–Kier alpha value is -1.64. The Labute approximate surface area is 126 Å². The van der Waals surface area contributed by atoms with Crippen molar-refractivity contribution in [2.45, 2.75) is 19.5 Å². The summed E-state index contributed by atoms with van der Waals surface area (Å²) in [7, 11) is 1.98. The zero-order chi connectivity index (χ0) is 13.7. The Morgan fingerprint density at radius 3 is 2.05 bits per heavy atom. The van der Waals surface area contributed by atoms with Gasteiger partial charge >= 0.3 is 0 Å². The highest BCUT2D eigenvalue weighted by Crippen LogP contribution is 2.11. The first-order valence-corrected chi connectivity index (χ1v) is 6.52. The number of nitrogens with zero attached hydrogens (tertiary/aromatic N) is 1. The minimum absolute atomic E-state index is 0. The Kier molecular flexibility index (Phi) is 6.43. The maximum Gasteiger partial charge on any atom is 0.179 e. The molecule has 0 aliphatic heterocycles. The molecular weight excluding hydrogens is 270 g/mol. The summed E-state index contributed by atoms with van der Waals surface area (Å²) in [6, 6.07) is 19.5. The average Bonchev–Trinajstić information content (AvgIpc) is 2.47. The third-order valence-electron chi connectivity index (χ3n) is 3.37. The molecule has 3 heteroatoms. The molecule has 0 saturated heterocycles. The summed E-state index contributed by atoms with van der Waals surface area (Å²) in [6.45, 7) is 2.73. The number of halogens is 1. The number of ketones is 1. The molecule has 0 bridgehead atoms. The van der Waals surface area contributed by atoms with E-state index in [1.54, 1.807) is 0 Å². The van der Waals surface area contributed by atoms with E-state index in [4.69, 9.17) is 0 Å². The van der Waals surface area contributed by atoms with Gasteiger partial charge in [0.15, 0.2) is 5.78 Å². The molecule has 0 saturated carbocycles. The average molecular weight is 290 g/mol. The van der Waals surface area contributed by atoms with Crippen LogP contribution in [0.2, 0.25) is 0 Å². The van der Waals surface area contributed by atoms with Crippen LogP contribution in [0.5, 0.6) is 0 Å². The molecule has 0 N–H and O–H groups in total. The van der Waals surface area contributed by atoms with Gasteiger partial charge in [0.1, 0.15) is 0 Å². The van der Waals surface area contributed by atoms with Gasteiger partial charge in [-0.05, 0) is 19.5 Å². The van der Waals surface area contributed by atoms with Crippen LogP contribution >= 0.6 is 12.4 Å². The molecule has 0 amide bonds. The van der Waals surface area contributed by atoms with Gasteiger partial charge in [0.05, 0.1) is 6.04 Å². The van der Waals surface area contributed by atoms with Crippen LogP contribution in [0.1, 0.15) is 22.8 Å². The van der Waals surface area contributed by atoms with Gasteiger partial charge in [-0.2, -0.15) is 0 Å². The van der Waals surface area contributed by atoms with Gasteiger partial charge in [0.25, 0.3) is 0 Å². The highest BCUT2D eigenvalue weighted by molar-refractivity contribution is 5.99. The number of carbonyl (C=O) groups excluding carboxylic acids is 1. The highest BCUT2D eigenvalue weighted by atomic mass is 35.5. The lowest BCUT2D eigenvalue weighted by Crippen LogP contribution is -2.35. The molecule has 0 heterocycles. The van der Waals surface area contributed by atoms with Crippen LogP contribution in [0.25, 0.3) is 0 Å². The van der Waals surface area contributed by atoms with E-state index in [0.717, 1.165) is 12.1 Å². The van der Waals surface area contributed by atoms with Gasteiger partial charge in [-0.25, -0.2) is 0 Å².